The Morgan fingerprint density at radius 3 is 1.57 bits per heavy atom. The monoisotopic (exact) mass is 898 g/mol. The van der Waals surface area contributed by atoms with Gasteiger partial charge in [-0.05, 0) is 83.5 Å². The lowest BCUT2D eigenvalue weighted by molar-refractivity contribution is -0.213. The molecule has 0 bridgehead atoms. The van der Waals surface area contributed by atoms with E-state index >= 15 is 0 Å². The second-order valence-corrected chi connectivity index (χ2v) is 15.9. The zero-order valence-electron chi connectivity index (χ0n) is 36.5. The van der Waals surface area contributed by atoms with Gasteiger partial charge >= 0.3 is 5.97 Å². The Hall–Kier alpha value is -4.28. The van der Waals surface area contributed by atoms with Crippen LogP contribution in [-0.2, 0) is 62.1 Å². The molecule has 3 heterocycles. The maximum Gasteiger partial charge on any atom is 0.333 e. The van der Waals surface area contributed by atoms with Crippen molar-refractivity contribution in [1.29, 1.82) is 0 Å². The number of carbonyl (C=O) groups is 8. The van der Waals surface area contributed by atoms with Crippen molar-refractivity contribution in [3.05, 3.63) is 0 Å². The number of ether oxygens (including phenoxy) is 4. The van der Waals surface area contributed by atoms with Gasteiger partial charge < -0.3 is 60.6 Å². The maximum absolute atomic E-state index is 13.2. The second-order valence-electron chi connectivity index (χ2n) is 15.9. The van der Waals surface area contributed by atoms with E-state index in [-0.39, 0.29) is 107 Å². The summed E-state index contributed by atoms with van der Waals surface area (Å²) in [7, 11) is 0. The highest BCUT2D eigenvalue weighted by Crippen LogP contribution is 2.16. The van der Waals surface area contributed by atoms with Crippen LogP contribution in [0.15, 0.2) is 0 Å². The third-order valence-corrected chi connectivity index (χ3v) is 10.5. The molecular formula is C42H70N6O15. The van der Waals surface area contributed by atoms with E-state index in [4.69, 9.17) is 23.8 Å². The van der Waals surface area contributed by atoms with Gasteiger partial charge in [-0.3, -0.25) is 33.6 Å². The van der Waals surface area contributed by atoms with Crippen LogP contribution in [0.1, 0.15) is 135 Å². The molecule has 358 valence electrons. The molecule has 0 saturated carbocycles. The molecule has 21 nitrogen and oxygen atoms in total. The smallest absolute Gasteiger partial charge is 0.333 e. The molecule has 7 N–H and O–H groups in total. The first-order valence-electron chi connectivity index (χ1n) is 22.7. The molecule has 7 amide bonds. The molecular weight excluding hydrogens is 828 g/mol. The molecule has 0 spiro atoms. The Morgan fingerprint density at radius 2 is 1.05 bits per heavy atom. The fourth-order valence-corrected chi connectivity index (χ4v) is 6.88. The normalized spacial score (nSPS) is 20.4. The van der Waals surface area contributed by atoms with Gasteiger partial charge in [0.15, 0.2) is 12.6 Å². The lowest BCUT2D eigenvalue weighted by Gasteiger charge is -2.27. The van der Waals surface area contributed by atoms with Crippen molar-refractivity contribution in [2.45, 2.75) is 166 Å². The summed E-state index contributed by atoms with van der Waals surface area (Å²) in [6.45, 7) is 2.65. The molecule has 63 heavy (non-hydrogen) atoms. The number of unbranched alkanes of at least 4 members (excludes halogenated alkanes) is 5. The van der Waals surface area contributed by atoms with Gasteiger partial charge in [0, 0.05) is 84.3 Å². The van der Waals surface area contributed by atoms with Crippen molar-refractivity contribution < 1.29 is 72.4 Å². The number of aliphatic hydroxyl groups excluding tert-OH is 2. The summed E-state index contributed by atoms with van der Waals surface area (Å²) in [6, 6.07) is -0.835. The Morgan fingerprint density at radius 1 is 0.587 bits per heavy atom. The molecule has 3 rings (SSSR count). The highest BCUT2D eigenvalue weighted by atomic mass is 16.7. The fourth-order valence-electron chi connectivity index (χ4n) is 6.88. The van der Waals surface area contributed by atoms with Crippen molar-refractivity contribution in [3.8, 4) is 0 Å². The predicted octanol–water partition coefficient (Wildman–Crippen LogP) is 0.423. The molecule has 5 atom stereocenters. The Kier molecular flexibility index (Phi) is 26.6. The van der Waals surface area contributed by atoms with Crippen molar-refractivity contribution in [2.24, 2.45) is 0 Å². The summed E-state index contributed by atoms with van der Waals surface area (Å²) in [5.41, 5.74) is 0. The second kappa shape index (κ2) is 31.5. The average molecular weight is 899 g/mol. The van der Waals surface area contributed by atoms with E-state index in [0.29, 0.717) is 102 Å². The molecule has 0 radical (unpaired) electrons. The first kappa shape index (κ1) is 53.1. The van der Waals surface area contributed by atoms with E-state index in [1.54, 1.807) is 0 Å². The molecule has 3 aliphatic heterocycles. The third-order valence-electron chi connectivity index (χ3n) is 10.5. The number of hydroxylamine groups is 2. The van der Waals surface area contributed by atoms with Crippen LogP contribution in [-0.4, -0.2) is 146 Å². The summed E-state index contributed by atoms with van der Waals surface area (Å²) in [5.74, 6) is -3.01. The van der Waals surface area contributed by atoms with E-state index < -0.39 is 48.6 Å². The van der Waals surface area contributed by atoms with Crippen LogP contribution < -0.4 is 26.6 Å². The summed E-state index contributed by atoms with van der Waals surface area (Å²) in [5, 5.41) is 34.3. The number of nitrogens with zero attached hydrogens (tertiary/aromatic N) is 1. The van der Waals surface area contributed by atoms with E-state index in [2.05, 4.69) is 26.6 Å². The molecule has 5 unspecified atom stereocenters. The SMILES string of the molecule is O=C(CCCCC(=O)NCCOC1OCCCC1O)NCCCCC(NC(=O)CCCCC(=O)NCCOC1OCCCC1O)C(=O)NCCCCCC(=O)ON1C(=O)CCC1=O. The first-order valence-corrected chi connectivity index (χ1v) is 22.7. The standard InChI is InChI=1S/C42H70N6O15/c49-31-13-10-26-59-41(31)61-28-24-44-34(52)16-4-3-15-33(51)43-22-9-7-12-30(40(58)46-23-8-1-2-19-39(57)63-48-37(55)20-21-38(48)56)47-36(54)18-6-5-17-35(53)45-25-29-62-42-32(50)14-11-27-60-42/h30-32,41-42,49-50H,1-29H2,(H,43,51)(H,44,52)(H,45,53)(H,46,58)(H,47,54). The number of amides is 7. The van der Waals surface area contributed by atoms with E-state index in [0.717, 1.165) is 12.8 Å². The van der Waals surface area contributed by atoms with Gasteiger partial charge in [-0.15, -0.1) is 5.06 Å². The first-order chi connectivity index (χ1) is 30.4. The lowest BCUT2D eigenvalue weighted by Crippen LogP contribution is -2.47. The van der Waals surface area contributed by atoms with Gasteiger partial charge in [0.1, 0.15) is 18.2 Å². The molecule has 21 heteroatoms. The highest BCUT2D eigenvalue weighted by molar-refractivity contribution is 6.01. The molecule has 3 fully saturated rings. The number of hydrogen-bond donors (Lipinski definition) is 7. The average Bonchev–Trinajstić information content (AvgIpc) is 3.58. The van der Waals surface area contributed by atoms with Crippen molar-refractivity contribution in [3.63, 3.8) is 0 Å². The number of imide groups is 1. The molecule has 0 aromatic heterocycles. The van der Waals surface area contributed by atoms with Gasteiger partial charge in [0.05, 0.1) is 13.2 Å². The molecule has 3 saturated heterocycles. The number of aliphatic hydroxyl groups is 2. The van der Waals surface area contributed by atoms with E-state index in [1.807, 2.05) is 0 Å². The predicted molar refractivity (Wildman–Crippen MR) is 222 cm³/mol. The molecule has 0 aromatic rings. The van der Waals surface area contributed by atoms with Crippen molar-refractivity contribution in [2.75, 3.05) is 52.6 Å². The van der Waals surface area contributed by atoms with Crippen LogP contribution in [0.5, 0.6) is 0 Å². The largest absolute Gasteiger partial charge is 0.388 e. The van der Waals surface area contributed by atoms with Gasteiger partial charge in [0.2, 0.25) is 29.5 Å². The lowest BCUT2D eigenvalue weighted by atomic mass is 10.1. The van der Waals surface area contributed by atoms with E-state index in [1.165, 1.54) is 0 Å². The summed E-state index contributed by atoms with van der Waals surface area (Å²) in [4.78, 5) is 103. The Bertz CT molecular complexity index is 1440. The molecule has 0 aromatic carbocycles. The minimum absolute atomic E-state index is 0.00483. The number of hydrogen-bond acceptors (Lipinski definition) is 15. The van der Waals surface area contributed by atoms with Crippen LogP contribution in [0.4, 0.5) is 0 Å². The Labute approximate surface area is 369 Å². The fraction of sp³-hybridized carbons (Fsp3) is 0.810. The van der Waals surface area contributed by atoms with Gasteiger partial charge in [-0.2, -0.15) is 0 Å². The van der Waals surface area contributed by atoms with Gasteiger partial charge in [-0.25, -0.2) is 4.79 Å². The van der Waals surface area contributed by atoms with Crippen LogP contribution >= 0.6 is 0 Å². The minimum atomic E-state index is -0.835. The minimum Gasteiger partial charge on any atom is -0.388 e. The summed E-state index contributed by atoms with van der Waals surface area (Å²) < 4.78 is 21.7. The van der Waals surface area contributed by atoms with Crippen LogP contribution in [0.2, 0.25) is 0 Å². The van der Waals surface area contributed by atoms with Crippen molar-refractivity contribution in [1.82, 2.24) is 31.6 Å². The third kappa shape index (κ3) is 23.3. The summed E-state index contributed by atoms with van der Waals surface area (Å²) >= 11 is 0. The number of rotatable bonds is 32. The van der Waals surface area contributed by atoms with Crippen LogP contribution in [0.25, 0.3) is 0 Å². The topological polar surface area (TPSA) is 287 Å². The van der Waals surface area contributed by atoms with Gasteiger partial charge in [-0.1, -0.05) is 6.42 Å². The highest BCUT2D eigenvalue weighted by Gasteiger charge is 2.33. The zero-order chi connectivity index (χ0) is 45.7. The van der Waals surface area contributed by atoms with Crippen LogP contribution in [0.3, 0.4) is 0 Å². The molecule has 0 aliphatic carbocycles. The van der Waals surface area contributed by atoms with Crippen LogP contribution in [0, 0.1) is 0 Å². The van der Waals surface area contributed by atoms with Crippen molar-refractivity contribution >= 4 is 47.3 Å². The van der Waals surface area contributed by atoms with Gasteiger partial charge in [0.25, 0.3) is 11.8 Å². The quantitative estimate of drug-likeness (QED) is 0.0356. The summed E-state index contributed by atoms with van der Waals surface area (Å²) in [6.07, 6.45) is 5.70. The Balaban J connectivity index is 1.29. The zero-order valence-corrected chi connectivity index (χ0v) is 36.5. The van der Waals surface area contributed by atoms with E-state index in [9.17, 15) is 48.6 Å². The number of nitrogens with one attached hydrogen (secondary N) is 5. The number of carbonyl (C=O) groups excluding carboxylic acids is 8. The molecule has 3 aliphatic rings. The maximum atomic E-state index is 13.2.